The number of carbonyl (C=O) groups is 1. The van der Waals surface area contributed by atoms with E-state index in [4.69, 9.17) is 0 Å². The smallest absolute Gasteiger partial charge is 0.263 e. The van der Waals surface area contributed by atoms with E-state index in [1.54, 1.807) is 42.6 Å². The zero-order chi connectivity index (χ0) is 25.3. The minimum atomic E-state index is -3.77. The molecule has 11 heteroatoms. The molecule has 0 unspecified atom stereocenters. The molecule has 0 spiro atoms. The first-order valence-corrected chi connectivity index (χ1v) is 13.0. The molecule has 9 nitrogen and oxygen atoms in total. The Morgan fingerprint density at radius 2 is 1.78 bits per heavy atom. The molecular formula is C25H25FN6O3S. The summed E-state index contributed by atoms with van der Waals surface area (Å²) in [5, 5.41) is 0.500. The molecule has 1 fully saturated rings. The van der Waals surface area contributed by atoms with Crippen LogP contribution >= 0.6 is 0 Å². The summed E-state index contributed by atoms with van der Waals surface area (Å²) < 4.78 is 43.5. The van der Waals surface area contributed by atoms with Crippen molar-refractivity contribution in [2.45, 2.75) is 17.9 Å². The maximum absolute atomic E-state index is 14.1. The monoisotopic (exact) mass is 508 g/mol. The molecule has 1 atom stereocenters. The third-order valence-corrected chi connectivity index (χ3v) is 7.78. The number of benzene rings is 2. The van der Waals surface area contributed by atoms with Crippen molar-refractivity contribution in [3.63, 3.8) is 0 Å². The highest BCUT2D eigenvalue weighted by Gasteiger charge is 2.27. The standard InChI is InChI=1S/C25H25FN6O3S/c1-18(32-12-10-21-22(26)3-2-4-23(21)32)25(33)31-15-13-30(14-16-31)19-5-7-20(8-6-19)36(34,35)29-24-9-11-27-17-28-24/h2-12,17-18H,13-16H2,1H3,(H,27,28,29)/t18-/m1/s1. The minimum Gasteiger partial charge on any atom is -0.368 e. The lowest BCUT2D eigenvalue weighted by molar-refractivity contribution is -0.134. The minimum absolute atomic E-state index is 0.0198. The fourth-order valence-electron chi connectivity index (χ4n) is 4.44. The lowest BCUT2D eigenvalue weighted by Gasteiger charge is -2.37. The van der Waals surface area contributed by atoms with Gasteiger partial charge in [0.1, 0.15) is 24.0 Å². The quantitative estimate of drug-likeness (QED) is 0.429. The van der Waals surface area contributed by atoms with Gasteiger partial charge >= 0.3 is 0 Å². The van der Waals surface area contributed by atoms with E-state index >= 15 is 0 Å². The molecule has 1 aliphatic rings. The summed E-state index contributed by atoms with van der Waals surface area (Å²) in [6.45, 7) is 4.13. The number of carbonyl (C=O) groups excluding carboxylic acids is 1. The van der Waals surface area contributed by atoms with Gasteiger partial charge in [-0.05, 0) is 55.5 Å². The van der Waals surface area contributed by atoms with E-state index in [9.17, 15) is 17.6 Å². The molecule has 1 amide bonds. The van der Waals surface area contributed by atoms with E-state index in [-0.39, 0.29) is 22.4 Å². The molecule has 4 aromatic rings. The van der Waals surface area contributed by atoms with Gasteiger partial charge in [0.2, 0.25) is 5.91 Å². The van der Waals surface area contributed by atoms with Crippen molar-refractivity contribution in [2.75, 3.05) is 35.8 Å². The molecule has 36 heavy (non-hydrogen) atoms. The van der Waals surface area contributed by atoms with E-state index < -0.39 is 16.1 Å². The highest BCUT2D eigenvalue weighted by atomic mass is 32.2. The highest BCUT2D eigenvalue weighted by molar-refractivity contribution is 7.92. The SMILES string of the molecule is C[C@H](C(=O)N1CCN(c2ccc(S(=O)(=O)Nc3ccncn3)cc2)CC1)n1ccc2c(F)cccc21. The van der Waals surface area contributed by atoms with Crippen LogP contribution in [-0.4, -0.2) is 59.9 Å². The number of amides is 1. The van der Waals surface area contributed by atoms with Gasteiger partial charge < -0.3 is 14.4 Å². The molecule has 186 valence electrons. The van der Waals surface area contributed by atoms with Gasteiger partial charge in [-0.3, -0.25) is 9.52 Å². The van der Waals surface area contributed by atoms with Crippen molar-refractivity contribution in [1.29, 1.82) is 0 Å². The summed E-state index contributed by atoms with van der Waals surface area (Å²) >= 11 is 0. The molecule has 1 N–H and O–H groups in total. The molecule has 0 bridgehead atoms. The zero-order valence-electron chi connectivity index (χ0n) is 19.6. The number of nitrogens with zero attached hydrogens (tertiary/aromatic N) is 5. The van der Waals surface area contributed by atoms with Crippen molar-refractivity contribution < 1.29 is 17.6 Å². The molecule has 0 aliphatic carbocycles. The Kier molecular flexibility index (Phi) is 6.31. The van der Waals surface area contributed by atoms with Crippen LogP contribution in [0.5, 0.6) is 0 Å². The number of hydrogen-bond acceptors (Lipinski definition) is 6. The number of aromatic nitrogens is 3. The Morgan fingerprint density at radius 1 is 1.03 bits per heavy atom. The summed E-state index contributed by atoms with van der Waals surface area (Å²) in [5.41, 5.74) is 1.57. The number of sulfonamides is 1. The van der Waals surface area contributed by atoms with Gasteiger partial charge in [0, 0.05) is 49.6 Å². The van der Waals surface area contributed by atoms with Gasteiger partial charge in [-0.15, -0.1) is 0 Å². The first-order valence-electron chi connectivity index (χ1n) is 11.5. The van der Waals surface area contributed by atoms with Crippen LogP contribution in [0.25, 0.3) is 10.9 Å². The van der Waals surface area contributed by atoms with Crippen LogP contribution in [0.4, 0.5) is 15.9 Å². The molecule has 1 aliphatic heterocycles. The van der Waals surface area contributed by atoms with Gasteiger partial charge in [-0.2, -0.15) is 0 Å². The van der Waals surface area contributed by atoms with Crippen LogP contribution in [0.2, 0.25) is 0 Å². The van der Waals surface area contributed by atoms with Crippen LogP contribution < -0.4 is 9.62 Å². The van der Waals surface area contributed by atoms with E-state index in [0.29, 0.717) is 37.1 Å². The zero-order valence-corrected chi connectivity index (χ0v) is 20.4. The molecule has 3 heterocycles. The van der Waals surface area contributed by atoms with Crippen molar-refractivity contribution in [3.05, 3.63) is 79.1 Å². The molecule has 0 radical (unpaired) electrons. The second kappa shape index (κ2) is 9.57. The first-order chi connectivity index (χ1) is 17.3. The first kappa shape index (κ1) is 23.7. The summed E-state index contributed by atoms with van der Waals surface area (Å²) in [6.07, 6.45) is 4.48. The van der Waals surface area contributed by atoms with E-state index in [0.717, 1.165) is 5.69 Å². The fraction of sp³-hybridized carbons (Fsp3) is 0.240. The highest BCUT2D eigenvalue weighted by Crippen LogP contribution is 2.25. The molecule has 0 saturated carbocycles. The predicted octanol–water partition coefficient (Wildman–Crippen LogP) is 3.28. The normalized spacial score (nSPS) is 15.2. The van der Waals surface area contributed by atoms with Gasteiger partial charge in [-0.1, -0.05) is 6.07 Å². The Bertz CT molecular complexity index is 1480. The summed E-state index contributed by atoms with van der Waals surface area (Å²) in [6, 6.07) is 14.2. The number of hydrogen-bond donors (Lipinski definition) is 1. The van der Waals surface area contributed by atoms with Crippen molar-refractivity contribution >= 4 is 38.3 Å². The van der Waals surface area contributed by atoms with Crippen LogP contribution in [0, 0.1) is 5.82 Å². The summed E-state index contributed by atoms with van der Waals surface area (Å²) in [5.74, 6) is -0.126. The second-order valence-corrected chi connectivity index (χ2v) is 10.3. The number of rotatable bonds is 6. The number of anilines is 2. The summed E-state index contributed by atoms with van der Waals surface area (Å²) in [4.78, 5) is 24.9. The van der Waals surface area contributed by atoms with Crippen molar-refractivity contribution in [3.8, 4) is 0 Å². The van der Waals surface area contributed by atoms with Crippen molar-refractivity contribution in [1.82, 2.24) is 19.4 Å². The Morgan fingerprint density at radius 3 is 2.47 bits per heavy atom. The Balaban J connectivity index is 1.22. The van der Waals surface area contributed by atoms with Gasteiger partial charge in [0.15, 0.2) is 0 Å². The number of fused-ring (bicyclic) bond motifs is 1. The lowest BCUT2D eigenvalue weighted by atomic mass is 10.2. The maximum Gasteiger partial charge on any atom is 0.263 e. The van der Waals surface area contributed by atoms with Gasteiger partial charge in [0.05, 0.1) is 10.4 Å². The Labute approximate surface area is 208 Å². The molecule has 2 aromatic heterocycles. The average Bonchev–Trinajstić information content (AvgIpc) is 3.34. The van der Waals surface area contributed by atoms with Crippen LogP contribution in [0.3, 0.4) is 0 Å². The maximum atomic E-state index is 14.1. The number of halogens is 1. The molecule has 5 rings (SSSR count). The third-order valence-electron chi connectivity index (χ3n) is 6.41. The average molecular weight is 509 g/mol. The van der Waals surface area contributed by atoms with Gasteiger partial charge in [0.25, 0.3) is 10.0 Å². The lowest BCUT2D eigenvalue weighted by Crippen LogP contribution is -2.50. The fourth-order valence-corrected chi connectivity index (χ4v) is 5.45. The van der Waals surface area contributed by atoms with Gasteiger partial charge in [-0.25, -0.2) is 22.8 Å². The van der Waals surface area contributed by atoms with Crippen LogP contribution in [-0.2, 0) is 14.8 Å². The van der Waals surface area contributed by atoms with Crippen LogP contribution in [0.1, 0.15) is 13.0 Å². The summed E-state index contributed by atoms with van der Waals surface area (Å²) in [7, 11) is -3.77. The number of piperazine rings is 1. The molecule has 1 saturated heterocycles. The largest absolute Gasteiger partial charge is 0.368 e. The third kappa shape index (κ3) is 4.61. The Hall–Kier alpha value is -3.99. The van der Waals surface area contributed by atoms with Crippen LogP contribution in [0.15, 0.2) is 78.2 Å². The molecular weight excluding hydrogens is 483 g/mol. The van der Waals surface area contributed by atoms with E-state index in [2.05, 4.69) is 19.6 Å². The second-order valence-electron chi connectivity index (χ2n) is 8.58. The van der Waals surface area contributed by atoms with E-state index in [1.807, 2.05) is 22.5 Å². The van der Waals surface area contributed by atoms with E-state index in [1.165, 1.54) is 24.7 Å². The van der Waals surface area contributed by atoms with Crippen molar-refractivity contribution in [2.24, 2.45) is 0 Å². The molecule has 2 aromatic carbocycles. The predicted molar refractivity (Wildman–Crippen MR) is 135 cm³/mol. The number of nitrogens with one attached hydrogen (secondary N) is 1. The topological polar surface area (TPSA) is 100 Å².